The predicted octanol–water partition coefficient (Wildman–Crippen LogP) is 6.37. The molecular weight excluding hydrogens is 452 g/mol. The van der Waals surface area contributed by atoms with E-state index >= 15 is 0 Å². The largest absolute Gasteiger partial charge is 0.491 e. The number of amides is 1. The first kappa shape index (κ1) is 27.6. The molecular formula is C30H42N2O4. The number of nitrogens with zero attached hydrogens (tertiary/aromatic N) is 2. The highest BCUT2D eigenvalue weighted by molar-refractivity contribution is 6.31. The molecule has 6 heteroatoms. The summed E-state index contributed by atoms with van der Waals surface area (Å²) < 4.78 is 5.92. The molecule has 0 saturated heterocycles. The Morgan fingerprint density at radius 1 is 0.889 bits per heavy atom. The van der Waals surface area contributed by atoms with Crippen LogP contribution in [0.1, 0.15) is 71.8 Å². The van der Waals surface area contributed by atoms with Gasteiger partial charge in [0.05, 0.1) is 6.10 Å². The Balaban J connectivity index is 2.06. The lowest BCUT2D eigenvalue weighted by atomic mass is 10.00. The highest BCUT2D eigenvalue weighted by Crippen LogP contribution is 2.32. The molecule has 0 atom stereocenters. The molecule has 1 heterocycles. The van der Waals surface area contributed by atoms with Gasteiger partial charge in [-0.25, -0.2) is 4.79 Å². The number of hydrogen-bond donors (Lipinski definition) is 1. The maximum atomic E-state index is 12.6. The van der Waals surface area contributed by atoms with Crippen LogP contribution < -0.4 is 9.64 Å². The fourth-order valence-electron chi connectivity index (χ4n) is 4.85. The van der Waals surface area contributed by atoms with Crippen LogP contribution in [-0.2, 0) is 16.1 Å². The van der Waals surface area contributed by atoms with Crippen molar-refractivity contribution in [3.05, 3.63) is 48.0 Å². The molecule has 1 aliphatic rings. The zero-order valence-corrected chi connectivity index (χ0v) is 22.3. The van der Waals surface area contributed by atoms with Crippen molar-refractivity contribution < 1.29 is 19.4 Å². The topological polar surface area (TPSA) is 70.1 Å². The van der Waals surface area contributed by atoms with Crippen LogP contribution in [0.3, 0.4) is 0 Å². The van der Waals surface area contributed by atoms with Crippen LogP contribution in [0.25, 0.3) is 11.1 Å². The van der Waals surface area contributed by atoms with Crippen LogP contribution in [0.4, 0.5) is 5.69 Å². The molecule has 196 valence electrons. The maximum Gasteiger partial charge on any atom is 0.394 e. The standard InChI is InChI=1S/C30H42N2O4/c1-22(2)20-31-16-9-7-5-6-8-10-17-32(29(33)30(34)35)21-26-15-14-25(19-28(26)31)24-12-11-13-27(18-24)36-23(3)4/h11-15,18-19,22-23H,5-10,16-17,20-21H2,1-4H3,(H,34,35). The van der Waals surface area contributed by atoms with Gasteiger partial charge >= 0.3 is 11.9 Å². The number of anilines is 1. The average Bonchev–Trinajstić information content (AvgIpc) is 2.84. The summed E-state index contributed by atoms with van der Waals surface area (Å²) >= 11 is 0. The predicted molar refractivity (Wildman–Crippen MR) is 145 cm³/mol. The molecule has 1 N–H and O–H groups in total. The van der Waals surface area contributed by atoms with Crippen LogP contribution in [0.15, 0.2) is 42.5 Å². The summed E-state index contributed by atoms with van der Waals surface area (Å²) in [6, 6.07) is 14.5. The Kier molecular flexibility index (Phi) is 10.2. The van der Waals surface area contributed by atoms with Gasteiger partial charge in [0.1, 0.15) is 5.75 Å². The third-order valence-corrected chi connectivity index (χ3v) is 6.49. The number of carboxylic acids is 1. The first-order valence-corrected chi connectivity index (χ1v) is 13.4. The van der Waals surface area contributed by atoms with E-state index in [4.69, 9.17) is 4.74 Å². The zero-order chi connectivity index (χ0) is 26.1. The second-order valence-corrected chi connectivity index (χ2v) is 10.5. The summed E-state index contributed by atoms with van der Waals surface area (Å²) in [7, 11) is 0. The third kappa shape index (κ3) is 8.00. The van der Waals surface area contributed by atoms with E-state index < -0.39 is 11.9 Å². The van der Waals surface area contributed by atoms with Crippen molar-refractivity contribution >= 4 is 17.6 Å². The van der Waals surface area contributed by atoms with Crippen LogP contribution >= 0.6 is 0 Å². The van der Waals surface area contributed by atoms with Crippen molar-refractivity contribution in [1.82, 2.24) is 4.90 Å². The molecule has 6 nitrogen and oxygen atoms in total. The summed E-state index contributed by atoms with van der Waals surface area (Å²) in [5.74, 6) is -0.909. The normalized spacial score (nSPS) is 15.6. The van der Waals surface area contributed by atoms with E-state index in [1.54, 1.807) is 0 Å². The van der Waals surface area contributed by atoms with Crippen molar-refractivity contribution in [3.63, 3.8) is 0 Å². The number of ether oxygens (including phenoxy) is 1. The fraction of sp³-hybridized carbons (Fsp3) is 0.533. The van der Waals surface area contributed by atoms with Crippen LogP contribution in [0.5, 0.6) is 5.75 Å². The number of hydrogen-bond acceptors (Lipinski definition) is 4. The first-order chi connectivity index (χ1) is 17.2. The Morgan fingerprint density at radius 3 is 2.22 bits per heavy atom. The first-order valence-electron chi connectivity index (χ1n) is 13.4. The van der Waals surface area contributed by atoms with E-state index in [0.717, 1.165) is 73.3 Å². The van der Waals surface area contributed by atoms with E-state index in [2.05, 4.69) is 49.1 Å². The molecule has 1 aliphatic heterocycles. The molecule has 1 amide bonds. The Labute approximate surface area is 216 Å². The van der Waals surface area contributed by atoms with Gasteiger partial charge in [0.25, 0.3) is 0 Å². The number of carbonyl (C=O) groups excluding carboxylic acids is 1. The van der Waals surface area contributed by atoms with Crippen molar-refractivity contribution in [2.75, 3.05) is 24.5 Å². The lowest BCUT2D eigenvalue weighted by molar-refractivity contribution is -0.156. The van der Waals surface area contributed by atoms with Gasteiger partial charge < -0.3 is 19.6 Å². The quantitative estimate of drug-likeness (QED) is 0.489. The number of aliphatic carboxylic acids is 1. The third-order valence-electron chi connectivity index (χ3n) is 6.49. The van der Waals surface area contributed by atoms with Gasteiger partial charge in [-0.2, -0.15) is 0 Å². The minimum absolute atomic E-state index is 0.0973. The molecule has 2 aromatic carbocycles. The Bertz CT molecular complexity index is 1020. The highest BCUT2D eigenvalue weighted by Gasteiger charge is 2.24. The van der Waals surface area contributed by atoms with E-state index in [1.165, 1.54) is 11.3 Å². The maximum absolute atomic E-state index is 12.6. The lowest BCUT2D eigenvalue weighted by Gasteiger charge is -2.31. The SMILES string of the molecule is CC(C)CN1CCCCCCCCN(C(=O)C(=O)O)Cc2ccc(-c3cccc(OC(C)C)c3)cc21. The summed E-state index contributed by atoms with van der Waals surface area (Å²) in [5, 5.41) is 9.45. The number of rotatable bonds is 5. The van der Waals surface area contributed by atoms with Crippen LogP contribution in [0, 0.1) is 5.92 Å². The minimum atomic E-state index is -1.39. The van der Waals surface area contributed by atoms with Gasteiger partial charge in [-0.05, 0) is 67.5 Å². The van der Waals surface area contributed by atoms with Crippen molar-refractivity contribution in [2.24, 2.45) is 5.92 Å². The van der Waals surface area contributed by atoms with E-state index in [9.17, 15) is 14.7 Å². The molecule has 2 aromatic rings. The van der Waals surface area contributed by atoms with Crippen LogP contribution in [0.2, 0.25) is 0 Å². The second-order valence-electron chi connectivity index (χ2n) is 10.5. The summed E-state index contributed by atoms with van der Waals surface area (Å²) in [6.45, 7) is 11.1. The van der Waals surface area contributed by atoms with Crippen molar-refractivity contribution in [3.8, 4) is 16.9 Å². The molecule has 0 aliphatic carbocycles. The van der Waals surface area contributed by atoms with Gasteiger partial charge in [-0.1, -0.05) is 63.8 Å². The number of fused-ring (bicyclic) bond motifs is 1. The molecule has 0 saturated carbocycles. The monoisotopic (exact) mass is 494 g/mol. The van der Waals surface area contributed by atoms with Gasteiger partial charge in [-0.15, -0.1) is 0 Å². The molecule has 0 unspecified atom stereocenters. The number of benzene rings is 2. The van der Waals surface area contributed by atoms with E-state index in [1.807, 2.05) is 26.0 Å². The van der Waals surface area contributed by atoms with E-state index in [0.29, 0.717) is 19.0 Å². The van der Waals surface area contributed by atoms with E-state index in [-0.39, 0.29) is 6.10 Å². The Morgan fingerprint density at radius 2 is 1.56 bits per heavy atom. The van der Waals surface area contributed by atoms with Gasteiger partial charge in [-0.3, -0.25) is 4.79 Å². The second kappa shape index (κ2) is 13.3. The van der Waals surface area contributed by atoms with Gasteiger partial charge in [0, 0.05) is 31.9 Å². The number of carboxylic acid groups (broad SMARTS) is 1. The molecule has 0 radical (unpaired) electrons. The van der Waals surface area contributed by atoms with Crippen molar-refractivity contribution in [2.45, 2.75) is 78.9 Å². The minimum Gasteiger partial charge on any atom is -0.491 e. The molecule has 0 aromatic heterocycles. The van der Waals surface area contributed by atoms with Gasteiger partial charge in [0.2, 0.25) is 0 Å². The number of carbonyl (C=O) groups is 2. The summed E-state index contributed by atoms with van der Waals surface area (Å²) in [4.78, 5) is 28.1. The summed E-state index contributed by atoms with van der Waals surface area (Å²) in [5.41, 5.74) is 4.22. The molecule has 36 heavy (non-hydrogen) atoms. The highest BCUT2D eigenvalue weighted by atomic mass is 16.5. The molecule has 0 bridgehead atoms. The lowest BCUT2D eigenvalue weighted by Crippen LogP contribution is -2.37. The van der Waals surface area contributed by atoms with Crippen LogP contribution in [-0.4, -0.2) is 47.6 Å². The molecule has 3 rings (SSSR count). The smallest absolute Gasteiger partial charge is 0.394 e. The van der Waals surface area contributed by atoms with Gasteiger partial charge in [0.15, 0.2) is 0 Å². The molecule has 0 fully saturated rings. The fourth-order valence-corrected chi connectivity index (χ4v) is 4.85. The Hall–Kier alpha value is -3.02. The van der Waals surface area contributed by atoms with Crippen molar-refractivity contribution in [1.29, 1.82) is 0 Å². The zero-order valence-electron chi connectivity index (χ0n) is 22.3. The average molecular weight is 495 g/mol. The molecule has 0 spiro atoms. The summed E-state index contributed by atoms with van der Waals surface area (Å²) in [6.07, 6.45) is 6.51.